The third-order valence-corrected chi connectivity index (χ3v) is 5.48. The quantitative estimate of drug-likeness (QED) is 0.891. The maximum absolute atomic E-state index is 10.9. The van der Waals surface area contributed by atoms with Gasteiger partial charge in [-0.15, -0.1) is 11.3 Å². The van der Waals surface area contributed by atoms with Gasteiger partial charge in [0.2, 0.25) is 0 Å². The van der Waals surface area contributed by atoms with Crippen LogP contribution in [0, 0.1) is 11.8 Å². The largest absolute Gasteiger partial charge is 0.481 e. The molecule has 1 aliphatic carbocycles. The molecule has 0 radical (unpaired) electrons. The molecule has 1 unspecified atom stereocenters. The minimum Gasteiger partial charge on any atom is -0.481 e. The van der Waals surface area contributed by atoms with E-state index in [-0.39, 0.29) is 11.8 Å². The Kier molecular flexibility index (Phi) is 4.08. The maximum Gasteiger partial charge on any atom is 0.306 e. The fraction of sp³-hybridized carbons (Fsp3) is 0.667. The van der Waals surface area contributed by atoms with E-state index >= 15 is 0 Å². The van der Waals surface area contributed by atoms with Gasteiger partial charge in [-0.05, 0) is 54.5 Å². The molecule has 1 aromatic heterocycles. The standard InChI is InChI=1S/C12H16BrNO3S/c1-12(17,11-14-6-9(13)18-11)8-4-2-7(3-5-8)10(15)16/h6-8,17H,2-5H2,1H3,(H,15,16). The highest BCUT2D eigenvalue weighted by Gasteiger charge is 2.39. The molecule has 1 atom stereocenters. The van der Waals surface area contributed by atoms with E-state index in [1.165, 1.54) is 11.3 Å². The van der Waals surface area contributed by atoms with E-state index in [1.54, 1.807) is 13.1 Å². The minimum absolute atomic E-state index is 0.0890. The zero-order chi connectivity index (χ0) is 13.3. The molecule has 4 nitrogen and oxygen atoms in total. The average molecular weight is 334 g/mol. The molecule has 2 rings (SSSR count). The molecule has 0 spiro atoms. The van der Waals surface area contributed by atoms with E-state index in [1.807, 2.05) is 0 Å². The van der Waals surface area contributed by atoms with E-state index in [4.69, 9.17) is 5.11 Å². The van der Waals surface area contributed by atoms with Crippen LogP contribution in [0.25, 0.3) is 0 Å². The number of carboxylic acids is 1. The lowest BCUT2D eigenvalue weighted by molar-refractivity contribution is -0.144. The van der Waals surface area contributed by atoms with Gasteiger partial charge in [-0.3, -0.25) is 4.79 Å². The second-order valence-electron chi connectivity index (χ2n) is 5.00. The van der Waals surface area contributed by atoms with Crippen molar-refractivity contribution in [3.8, 4) is 0 Å². The number of halogens is 1. The Morgan fingerprint density at radius 3 is 2.56 bits per heavy atom. The molecule has 1 saturated carbocycles. The zero-order valence-corrected chi connectivity index (χ0v) is 12.5. The van der Waals surface area contributed by atoms with Crippen molar-refractivity contribution >= 4 is 33.2 Å². The van der Waals surface area contributed by atoms with Gasteiger partial charge >= 0.3 is 5.97 Å². The van der Waals surface area contributed by atoms with Crippen LogP contribution in [-0.2, 0) is 10.4 Å². The van der Waals surface area contributed by atoms with Crippen LogP contribution in [0.3, 0.4) is 0 Å². The molecule has 100 valence electrons. The summed E-state index contributed by atoms with van der Waals surface area (Å²) >= 11 is 4.78. The summed E-state index contributed by atoms with van der Waals surface area (Å²) in [7, 11) is 0. The SMILES string of the molecule is CC(O)(c1ncc(Br)s1)C1CCC(C(=O)O)CC1. The van der Waals surface area contributed by atoms with Crippen molar-refractivity contribution in [3.63, 3.8) is 0 Å². The Bertz CT molecular complexity index is 438. The van der Waals surface area contributed by atoms with Gasteiger partial charge in [0, 0.05) is 0 Å². The summed E-state index contributed by atoms with van der Waals surface area (Å²) in [6.45, 7) is 1.78. The number of thiazole rings is 1. The molecule has 6 heteroatoms. The molecule has 2 N–H and O–H groups in total. The topological polar surface area (TPSA) is 70.4 Å². The Morgan fingerprint density at radius 1 is 1.50 bits per heavy atom. The van der Waals surface area contributed by atoms with Gasteiger partial charge in [0.15, 0.2) is 0 Å². The number of hydrogen-bond donors (Lipinski definition) is 2. The Labute approximate surface area is 118 Å². The number of aliphatic hydroxyl groups is 1. The first-order valence-electron chi connectivity index (χ1n) is 5.98. The van der Waals surface area contributed by atoms with Crippen LogP contribution < -0.4 is 0 Å². The van der Waals surface area contributed by atoms with E-state index < -0.39 is 11.6 Å². The predicted molar refractivity (Wildman–Crippen MR) is 72.5 cm³/mol. The van der Waals surface area contributed by atoms with Crippen LogP contribution in [0.5, 0.6) is 0 Å². The molecular weight excluding hydrogens is 318 g/mol. The normalized spacial score (nSPS) is 27.7. The molecule has 0 amide bonds. The Balaban J connectivity index is 2.06. The first kappa shape index (κ1) is 14.0. The van der Waals surface area contributed by atoms with Crippen LogP contribution in [0.4, 0.5) is 0 Å². The summed E-state index contributed by atoms with van der Waals surface area (Å²) in [6, 6.07) is 0. The number of aliphatic carboxylic acids is 1. The molecule has 1 aliphatic rings. The highest BCUT2D eigenvalue weighted by Crippen LogP contribution is 2.42. The van der Waals surface area contributed by atoms with E-state index in [9.17, 15) is 9.90 Å². The van der Waals surface area contributed by atoms with Gasteiger partial charge in [-0.2, -0.15) is 0 Å². The fourth-order valence-electron chi connectivity index (χ4n) is 2.57. The lowest BCUT2D eigenvalue weighted by Crippen LogP contribution is -2.35. The van der Waals surface area contributed by atoms with Crippen molar-refractivity contribution in [2.45, 2.75) is 38.2 Å². The van der Waals surface area contributed by atoms with E-state index in [2.05, 4.69) is 20.9 Å². The summed E-state index contributed by atoms with van der Waals surface area (Å²) in [6.07, 6.45) is 4.45. The second-order valence-corrected chi connectivity index (χ2v) is 7.41. The molecule has 0 aliphatic heterocycles. The number of aromatic nitrogens is 1. The lowest BCUT2D eigenvalue weighted by atomic mass is 9.74. The second kappa shape index (κ2) is 5.27. The van der Waals surface area contributed by atoms with Crippen LogP contribution in [-0.4, -0.2) is 21.2 Å². The number of hydrogen-bond acceptors (Lipinski definition) is 4. The van der Waals surface area contributed by atoms with Crippen molar-refractivity contribution < 1.29 is 15.0 Å². The summed E-state index contributed by atoms with van der Waals surface area (Å²) in [5, 5.41) is 20.3. The molecule has 1 heterocycles. The van der Waals surface area contributed by atoms with Crippen molar-refractivity contribution in [1.82, 2.24) is 4.98 Å². The molecule has 0 saturated heterocycles. The highest BCUT2D eigenvalue weighted by atomic mass is 79.9. The predicted octanol–water partition coefficient (Wildman–Crippen LogP) is 3.00. The molecule has 0 bridgehead atoms. The van der Waals surface area contributed by atoms with Crippen molar-refractivity contribution in [2.24, 2.45) is 11.8 Å². The maximum atomic E-state index is 10.9. The Hall–Kier alpha value is -0.460. The summed E-state index contributed by atoms with van der Waals surface area (Å²) < 4.78 is 0.900. The zero-order valence-electron chi connectivity index (χ0n) is 10.1. The third-order valence-electron chi connectivity index (χ3n) is 3.78. The van der Waals surface area contributed by atoms with Crippen molar-refractivity contribution in [2.75, 3.05) is 0 Å². The number of nitrogens with zero attached hydrogens (tertiary/aromatic N) is 1. The number of carbonyl (C=O) groups is 1. The minimum atomic E-state index is -0.958. The molecule has 1 fully saturated rings. The molecule has 18 heavy (non-hydrogen) atoms. The van der Waals surface area contributed by atoms with Crippen molar-refractivity contribution in [1.29, 1.82) is 0 Å². The van der Waals surface area contributed by atoms with Crippen LogP contribution in [0.15, 0.2) is 9.98 Å². The Morgan fingerprint density at radius 2 is 2.11 bits per heavy atom. The smallest absolute Gasteiger partial charge is 0.306 e. The van der Waals surface area contributed by atoms with Crippen LogP contribution >= 0.6 is 27.3 Å². The van der Waals surface area contributed by atoms with Gasteiger partial charge < -0.3 is 10.2 Å². The molecular formula is C12H16BrNO3S. The monoisotopic (exact) mass is 333 g/mol. The highest BCUT2D eigenvalue weighted by molar-refractivity contribution is 9.11. The van der Waals surface area contributed by atoms with Crippen LogP contribution in [0.2, 0.25) is 0 Å². The van der Waals surface area contributed by atoms with Gasteiger partial charge in [-0.1, -0.05) is 0 Å². The number of rotatable bonds is 3. The number of carboxylic acid groups (broad SMARTS) is 1. The van der Waals surface area contributed by atoms with E-state index in [0.29, 0.717) is 17.8 Å². The first-order valence-corrected chi connectivity index (χ1v) is 7.59. The lowest BCUT2D eigenvalue weighted by Gasteiger charge is -2.35. The third kappa shape index (κ3) is 2.75. The fourth-order valence-corrected chi connectivity index (χ4v) is 3.90. The van der Waals surface area contributed by atoms with E-state index in [0.717, 1.165) is 16.6 Å². The van der Waals surface area contributed by atoms with Gasteiger partial charge in [0.1, 0.15) is 10.6 Å². The average Bonchev–Trinajstić information content (AvgIpc) is 2.76. The van der Waals surface area contributed by atoms with Crippen LogP contribution in [0.1, 0.15) is 37.6 Å². The van der Waals surface area contributed by atoms with Gasteiger partial charge in [-0.25, -0.2) is 4.98 Å². The first-order chi connectivity index (χ1) is 8.41. The summed E-state index contributed by atoms with van der Waals surface area (Å²) in [5.41, 5.74) is -0.958. The van der Waals surface area contributed by atoms with Gasteiger partial charge in [0.25, 0.3) is 0 Å². The van der Waals surface area contributed by atoms with Crippen molar-refractivity contribution in [3.05, 3.63) is 15.0 Å². The molecule has 0 aromatic carbocycles. The summed E-state index contributed by atoms with van der Waals surface area (Å²) in [5.74, 6) is -0.878. The summed E-state index contributed by atoms with van der Waals surface area (Å²) in [4.78, 5) is 15.1. The molecule has 1 aromatic rings. The van der Waals surface area contributed by atoms with Gasteiger partial charge in [0.05, 0.1) is 15.9 Å².